The molecule has 0 spiro atoms. The maximum absolute atomic E-state index is 12.0. The highest BCUT2D eigenvalue weighted by atomic mass is 127. The topological polar surface area (TPSA) is 98.2 Å². The summed E-state index contributed by atoms with van der Waals surface area (Å²) >= 11 is 0. The van der Waals surface area contributed by atoms with Gasteiger partial charge in [-0.25, -0.2) is 0 Å². The summed E-state index contributed by atoms with van der Waals surface area (Å²) in [6, 6.07) is 9.83. The van der Waals surface area contributed by atoms with Crippen LogP contribution in [0.15, 0.2) is 35.3 Å². The molecule has 4 N–H and O–H groups in total. The molecule has 9 heteroatoms. The highest BCUT2D eigenvalue weighted by molar-refractivity contribution is 14.0. The van der Waals surface area contributed by atoms with Crippen LogP contribution in [-0.4, -0.2) is 80.0 Å². The second kappa shape index (κ2) is 14.6. The SMILES string of the molecule is CCNC(=NCC(C)(O)CN1CCOCC1)NCCC(=O)NCc1ccccc1.I. The number of carbonyl (C=O) groups excluding carboxylic acids is 1. The van der Waals surface area contributed by atoms with Gasteiger partial charge in [-0.2, -0.15) is 0 Å². The molecule has 1 amide bonds. The average molecular weight is 533 g/mol. The molecule has 1 unspecified atom stereocenters. The monoisotopic (exact) mass is 533 g/mol. The molecule has 1 aromatic carbocycles. The Balaban J connectivity index is 0.00000450. The molecule has 0 aliphatic carbocycles. The molecular weight excluding hydrogens is 497 g/mol. The number of aliphatic imine (C=N–C) groups is 1. The zero-order valence-electron chi connectivity index (χ0n) is 18.0. The summed E-state index contributed by atoms with van der Waals surface area (Å²) < 4.78 is 5.35. The van der Waals surface area contributed by atoms with Crippen molar-refractivity contribution in [1.29, 1.82) is 0 Å². The van der Waals surface area contributed by atoms with Crippen LogP contribution in [0.25, 0.3) is 0 Å². The molecule has 170 valence electrons. The summed E-state index contributed by atoms with van der Waals surface area (Å²) in [4.78, 5) is 18.7. The Bertz CT molecular complexity index is 637. The lowest BCUT2D eigenvalue weighted by Gasteiger charge is -2.33. The molecule has 0 aromatic heterocycles. The van der Waals surface area contributed by atoms with E-state index in [2.05, 4.69) is 25.8 Å². The number of rotatable bonds is 10. The van der Waals surface area contributed by atoms with Crippen molar-refractivity contribution in [2.45, 2.75) is 32.4 Å². The Hall–Kier alpha value is -1.43. The van der Waals surface area contributed by atoms with Crippen molar-refractivity contribution in [2.75, 3.05) is 52.5 Å². The third-order valence-electron chi connectivity index (χ3n) is 4.57. The van der Waals surface area contributed by atoms with E-state index in [1.165, 1.54) is 0 Å². The zero-order chi connectivity index (χ0) is 21.0. The van der Waals surface area contributed by atoms with Gasteiger partial charge in [0.15, 0.2) is 5.96 Å². The second-order valence-corrected chi connectivity index (χ2v) is 7.52. The van der Waals surface area contributed by atoms with Crippen LogP contribution in [0, 0.1) is 0 Å². The Morgan fingerprint density at radius 3 is 2.57 bits per heavy atom. The van der Waals surface area contributed by atoms with Gasteiger partial charge in [0, 0.05) is 45.7 Å². The summed E-state index contributed by atoms with van der Waals surface area (Å²) in [6.45, 7) is 9.38. The molecule has 1 fully saturated rings. The number of benzene rings is 1. The number of guanidine groups is 1. The fraction of sp³-hybridized carbons (Fsp3) is 0.619. The normalized spacial score (nSPS) is 16.8. The minimum Gasteiger partial charge on any atom is -0.387 e. The van der Waals surface area contributed by atoms with Crippen LogP contribution in [0.5, 0.6) is 0 Å². The third kappa shape index (κ3) is 11.1. The van der Waals surface area contributed by atoms with Gasteiger partial charge < -0.3 is 25.8 Å². The van der Waals surface area contributed by atoms with Gasteiger partial charge in [0.1, 0.15) is 0 Å². The van der Waals surface area contributed by atoms with Crippen molar-refractivity contribution < 1.29 is 14.6 Å². The fourth-order valence-corrected chi connectivity index (χ4v) is 3.06. The molecule has 0 radical (unpaired) electrons. The number of nitrogens with one attached hydrogen (secondary N) is 3. The third-order valence-corrected chi connectivity index (χ3v) is 4.57. The maximum atomic E-state index is 12.0. The Labute approximate surface area is 196 Å². The van der Waals surface area contributed by atoms with Crippen LogP contribution in [0.2, 0.25) is 0 Å². The minimum atomic E-state index is -0.924. The molecule has 1 aliphatic heterocycles. The number of hydrogen-bond acceptors (Lipinski definition) is 5. The standard InChI is InChI=1S/C21H35N5O3.HI/c1-3-22-20(25-16-21(2,28)17-26-11-13-29-14-12-26)23-10-9-19(27)24-15-18-7-5-4-6-8-18;/h4-8,28H,3,9-17H2,1-2H3,(H,24,27)(H2,22,23,25);1H. The van der Waals surface area contributed by atoms with Crippen LogP contribution < -0.4 is 16.0 Å². The smallest absolute Gasteiger partial charge is 0.222 e. The number of ether oxygens (including phenoxy) is 1. The highest BCUT2D eigenvalue weighted by Gasteiger charge is 2.25. The predicted octanol–water partition coefficient (Wildman–Crippen LogP) is 0.949. The van der Waals surface area contributed by atoms with Gasteiger partial charge in [-0.1, -0.05) is 30.3 Å². The van der Waals surface area contributed by atoms with Gasteiger partial charge in [-0.05, 0) is 19.4 Å². The first-order valence-corrected chi connectivity index (χ1v) is 10.3. The van der Waals surface area contributed by atoms with Crippen LogP contribution >= 0.6 is 24.0 Å². The Kier molecular flexibility index (Phi) is 12.9. The molecule has 30 heavy (non-hydrogen) atoms. The molecule has 1 aliphatic rings. The summed E-state index contributed by atoms with van der Waals surface area (Å²) in [7, 11) is 0. The van der Waals surface area contributed by atoms with Crippen molar-refractivity contribution in [2.24, 2.45) is 4.99 Å². The number of aliphatic hydroxyl groups is 1. The Morgan fingerprint density at radius 2 is 1.90 bits per heavy atom. The molecule has 1 aromatic rings. The fourth-order valence-electron chi connectivity index (χ4n) is 3.06. The number of hydrogen-bond donors (Lipinski definition) is 4. The molecule has 8 nitrogen and oxygen atoms in total. The largest absolute Gasteiger partial charge is 0.387 e. The van der Waals surface area contributed by atoms with Gasteiger partial charge in [-0.15, -0.1) is 24.0 Å². The quantitative estimate of drug-likeness (QED) is 0.203. The summed E-state index contributed by atoms with van der Waals surface area (Å²) in [6.07, 6.45) is 0.349. The summed E-state index contributed by atoms with van der Waals surface area (Å²) in [5.74, 6) is 0.585. The predicted molar refractivity (Wildman–Crippen MR) is 130 cm³/mol. The molecule has 0 saturated carbocycles. The zero-order valence-corrected chi connectivity index (χ0v) is 20.4. The lowest BCUT2D eigenvalue weighted by atomic mass is 10.1. The molecule has 1 heterocycles. The summed E-state index contributed by atoms with van der Waals surface area (Å²) in [5.41, 5.74) is 0.151. The lowest BCUT2D eigenvalue weighted by Crippen LogP contribution is -2.48. The van der Waals surface area contributed by atoms with Crippen LogP contribution in [0.3, 0.4) is 0 Å². The van der Waals surface area contributed by atoms with Crippen molar-refractivity contribution in [3.8, 4) is 0 Å². The van der Waals surface area contributed by atoms with Crippen molar-refractivity contribution in [1.82, 2.24) is 20.9 Å². The second-order valence-electron chi connectivity index (χ2n) is 7.52. The molecule has 0 bridgehead atoms. The lowest BCUT2D eigenvalue weighted by molar-refractivity contribution is -0.121. The number of nitrogens with zero attached hydrogens (tertiary/aromatic N) is 2. The van der Waals surface area contributed by atoms with Crippen molar-refractivity contribution in [3.05, 3.63) is 35.9 Å². The van der Waals surface area contributed by atoms with E-state index in [4.69, 9.17) is 4.74 Å². The van der Waals surface area contributed by atoms with Crippen molar-refractivity contribution in [3.63, 3.8) is 0 Å². The first-order chi connectivity index (χ1) is 14.0. The first kappa shape index (κ1) is 26.6. The van der Waals surface area contributed by atoms with Crippen LogP contribution in [-0.2, 0) is 16.1 Å². The number of carbonyl (C=O) groups is 1. The number of halogens is 1. The first-order valence-electron chi connectivity index (χ1n) is 10.3. The van der Waals surface area contributed by atoms with Gasteiger partial charge in [0.2, 0.25) is 5.91 Å². The summed E-state index contributed by atoms with van der Waals surface area (Å²) in [5, 5.41) is 19.9. The van der Waals surface area contributed by atoms with Crippen molar-refractivity contribution >= 4 is 35.8 Å². The van der Waals surface area contributed by atoms with E-state index >= 15 is 0 Å². The van der Waals surface area contributed by atoms with Gasteiger partial charge in [-0.3, -0.25) is 14.7 Å². The van der Waals surface area contributed by atoms with E-state index in [9.17, 15) is 9.90 Å². The molecule has 1 atom stereocenters. The molecular formula is C21H36IN5O3. The van der Waals surface area contributed by atoms with Crippen LogP contribution in [0.4, 0.5) is 0 Å². The number of morpholine rings is 1. The average Bonchev–Trinajstić information content (AvgIpc) is 2.72. The number of amides is 1. The van der Waals surface area contributed by atoms with E-state index in [0.29, 0.717) is 51.8 Å². The van der Waals surface area contributed by atoms with E-state index in [-0.39, 0.29) is 36.4 Å². The maximum Gasteiger partial charge on any atom is 0.222 e. The van der Waals surface area contributed by atoms with E-state index in [1.807, 2.05) is 37.3 Å². The molecule has 2 rings (SSSR count). The number of β-amino-alcohol motifs (C(OH)–C–C–N with tert-alkyl or cyclic N) is 1. The van der Waals surface area contributed by atoms with Crippen LogP contribution in [0.1, 0.15) is 25.8 Å². The Morgan fingerprint density at radius 1 is 1.20 bits per heavy atom. The van der Waals surface area contributed by atoms with Gasteiger partial charge >= 0.3 is 0 Å². The minimum absolute atomic E-state index is 0. The molecule has 1 saturated heterocycles. The highest BCUT2D eigenvalue weighted by Crippen LogP contribution is 2.09. The van der Waals surface area contributed by atoms with E-state index in [1.54, 1.807) is 6.92 Å². The van der Waals surface area contributed by atoms with E-state index < -0.39 is 5.60 Å². The van der Waals surface area contributed by atoms with Gasteiger partial charge in [0.25, 0.3) is 0 Å². The van der Waals surface area contributed by atoms with Gasteiger partial charge in [0.05, 0.1) is 25.4 Å². The van der Waals surface area contributed by atoms with E-state index in [0.717, 1.165) is 18.7 Å².